The van der Waals surface area contributed by atoms with E-state index in [1.54, 1.807) is 4.68 Å². The first-order valence-electron chi connectivity index (χ1n) is 5.67. The Hall–Kier alpha value is -0.940. The van der Waals surface area contributed by atoms with Crippen molar-refractivity contribution < 1.29 is 5.11 Å². The normalized spacial score (nSPS) is 15.4. The lowest BCUT2D eigenvalue weighted by Crippen LogP contribution is -2.41. The second-order valence-electron chi connectivity index (χ2n) is 5.00. The second kappa shape index (κ2) is 5.41. The molecule has 0 aliphatic rings. The fourth-order valence-corrected chi connectivity index (χ4v) is 1.51. The molecule has 1 rings (SSSR count). The van der Waals surface area contributed by atoms with E-state index in [0.717, 1.165) is 12.4 Å². The summed E-state index contributed by atoms with van der Waals surface area (Å²) in [6.45, 7) is 7.58. The van der Waals surface area contributed by atoms with E-state index in [0.29, 0.717) is 18.9 Å². The summed E-state index contributed by atoms with van der Waals surface area (Å²) < 4.78 is 1.69. The molecule has 0 fully saturated rings. The zero-order valence-electron chi connectivity index (χ0n) is 10.6. The van der Waals surface area contributed by atoms with Crippen LogP contribution in [0.1, 0.15) is 26.6 Å². The van der Waals surface area contributed by atoms with Crippen LogP contribution in [0, 0.1) is 5.92 Å². The molecule has 0 radical (unpaired) electrons. The number of hydrogen-bond acceptors (Lipinski definition) is 4. The molecule has 1 aromatic heterocycles. The summed E-state index contributed by atoms with van der Waals surface area (Å²) >= 11 is 0. The molecule has 0 aromatic carbocycles. The Morgan fingerprint density at radius 1 is 1.56 bits per heavy atom. The number of hydrogen-bond donors (Lipinski definition) is 2. The molecule has 1 unspecified atom stereocenters. The van der Waals surface area contributed by atoms with Crippen molar-refractivity contribution in [3.63, 3.8) is 0 Å². The van der Waals surface area contributed by atoms with Crippen LogP contribution in [-0.4, -0.2) is 38.6 Å². The van der Waals surface area contributed by atoms with Gasteiger partial charge in [0, 0.05) is 20.0 Å². The third-order valence-corrected chi connectivity index (χ3v) is 2.40. The quantitative estimate of drug-likeness (QED) is 0.735. The molecule has 0 aliphatic heterocycles. The minimum absolute atomic E-state index is 0.509. The third kappa shape index (κ3) is 4.28. The highest BCUT2D eigenvalue weighted by atomic mass is 16.3. The van der Waals surface area contributed by atoms with Gasteiger partial charge >= 0.3 is 0 Å². The Morgan fingerprint density at radius 2 is 2.25 bits per heavy atom. The lowest BCUT2D eigenvalue weighted by Gasteiger charge is -2.23. The summed E-state index contributed by atoms with van der Waals surface area (Å²) in [5, 5.41) is 17.4. The highest BCUT2D eigenvalue weighted by molar-refractivity contribution is 4.93. The van der Waals surface area contributed by atoms with Crippen LogP contribution >= 0.6 is 0 Å². The second-order valence-corrected chi connectivity index (χ2v) is 5.00. The summed E-state index contributed by atoms with van der Waals surface area (Å²) in [5.41, 5.74) is -0.782. The van der Waals surface area contributed by atoms with Crippen molar-refractivity contribution in [2.45, 2.75) is 32.8 Å². The van der Waals surface area contributed by atoms with Crippen LogP contribution in [0.25, 0.3) is 0 Å². The Morgan fingerprint density at radius 3 is 2.75 bits per heavy atom. The minimum atomic E-state index is -0.782. The molecule has 0 spiro atoms. The van der Waals surface area contributed by atoms with Crippen LogP contribution in [0.2, 0.25) is 0 Å². The van der Waals surface area contributed by atoms with Crippen molar-refractivity contribution in [3.05, 3.63) is 12.2 Å². The van der Waals surface area contributed by atoms with Crippen molar-refractivity contribution >= 4 is 0 Å². The van der Waals surface area contributed by atoms with Crippen molar-refractivity contribution in [2.75, 3.05) is 13.1 Å². The number of aryl methyl sites for hydroxylation is 1. The van der Waals surface area contributed by atoms with Gasteiger partial charge in [-0.1, -0.05) is 13.8 Å². The van der Waals surface area contributed by atoms with Crippen LogP contribution < -0.4 is 5.32 Å². The van der Waals surface area contributed by atoms with Gasteiger partial charge in [0.05, 0.1) is 5.60 Å². The van der Waals surface area contributed by atoms with Crippen molar-refractivity contribution in [3.8, 4) is 0 Å². The first-order chi connectivity index (χ1) is 7.41. The highest BCUT2D eigenvalue weighted by Crippen LogP contribution is 2.09. The molecule has 0 saturated carbocycles. The largest absolute Gasteiger partial charge is 0.388 e. The van der Waals surface area contributed by atoms with E-state index in [2.05, 4.69) is 29.2 Å². The van der Waals surface area contributed by atoms with Crippen LogP contribution in [0.4, 0.5) is 0 Å². The van der Waals surface area contributed by atoms with Crippen molar-refractivity contribution in [1.29, 1.82) is 0 Å². The number of rotatable bonds is 6. The SMILES string of the molecule is CC(C)CNCC(C)(O)Cc1ncnn1C. The maximum absolute atomic E-state index is 10.2. The molecule has 0 bridgehead atoms. The molecule has 0 amide bonds. The summed E-state index contributed by atoms with van der Waals surface area (Å²) in [6, 6.07) is 0. The fraction of sp³-hybridized carbons (Fsp3) is 0.818. The topological polar surface area (TPSA) is 63.0 Å². The first kappa shape index (κ1) is 13.1. The maximum Gasteiger partial charge on any atom is 0.138 e. The summed E-state index contributed by atoms with van der Waals surface area (Å²) in [7, 11) is 1.83. The monoisotopic (exact) mass is 226 g/mol. The molecule has 2 N–H and O–H groups in total. The molecule has 1 aromatic rings. The molecule has 1 atom stereocenters. The molecular formula is C11H22N4O. The molecular weight excluding hydrogens is 204 g/mol. The maximum atomic E-state index is 10.2. The number of aliphatic hydroxyl groups is 1. The molecule has 16 heavy (non-hydrogen) atoms. The van der Waals surface area contributed by atoms with Crippen LogP contribution in [0.3, 0.4) is 0 Å². The van der Waals surface area contributed by atoms with Gasteiger partial charge < -0.3 is 10.4 Å². The molecule has 0 saturated heterocycles. The lowest BCUT2D eigenvalue weighted by atomic mass is 10.0. The van der Waals surface area contributed by atoms with E-state index in [1.165, 1.54) is 6.33 Å². The zero-order valence-corrected chi connectivity index (χ0v) is 10.6. The highest BCUT2D eigenvalue weighted by Gasteiger charge is 2.22. The van der Waals surface area contributed by atoms with Gasteiger partial charge in [0.25, 0.3) is 0 Å². The average Bonchev–Trinajstić information content (AvgIpc) is 2.50. The predicted molar refractivity (Wildman–Crippen MR) is 63.0 cm³/mol. The molecule has 92 valence electrons. The lowest BCUT2D eigenvalue weighted by molar-refractivity contribution is 0.0566. The predicted octanol–water partition coefficient (Wildman–Crippen LogP) is 0.354. The average molecular weight is 226 g/mol. The molecule has 5 nitrogen and oxygen atoms in total. The van der Waals surface area contributed by atoms with Gasteiger partial charge in [-0.2, -0.15) is 5.10 Å². The van der Waals surface area contributed by atoms with Crippen LogP contribution in [0.15, 0.2) is 6.33 Å². The van der Waals surface area contributed by atoms with E-state index in [9.17, 15) is 5.11 Å². The summed E-state index contributed by atoms with van der Waals surface area (Å²) in [4.78, 5) is 4.11. The molecule has 1 heterocycles. The van der Waals surface area contributed by atoms with Crippen molar-refractivity contribution in [2.24, 2.45) is 13.0 Å². The van der Waals surface area contributed by atoms with E-state index in [4.69, 9.17) is 0 Å². The van der Waals surface area contributed by atoms with Crippen LogP contribution in [-0.2, 0) is 13.5 Å². The van der Waals surface area contributed by atoms with Gasteiger partial charge in [-0.15, -0.1) is 0 Å². The van der Waals surface area contributed by atoms with Gasteiger partial charge in [0.2, 0.25) is 0 Å². The molecule has 5 heteroatoms. The van der Waals surface area contributed by atoms with E-state index in [1.807, 2.05) is 14.0 Å². The van der Waals surface area contributed by atoms with Gasteiger partial charge in [-0.3, -0.25) is 4.68 Å². The van der Waals surface area contributed by atoms with Gasteiger partial charge in [-0.05, 0) is 19.4 Å². The zero-order chi connectivity index (χ0) is 12.2. The standard InChI is InChI=1S/C11H22N4O/c1-9(2)6-12-7-11(3,16)5-10-13-8-14-15(10)4/h8-9,12,16H,5-7H2,1-4H3. The Balaban J connectivity index is 2.42. The Bertz CT molecular complexity index is 320. The summed E-state index contributed by atoms with van der Waals surface area (Å²) in [6.07, 6.45) is 2.02. The van der Waals surface area contributed by atoms with E-state index < -0.39 is 5.60 Å². The van der Waals surface area contributed by atoms with Gasteiger partial charge in [-0.25, -0.2) is 4.98 Å². The Labute approximate surface area is 96.9 Å². The van der Waals surface area contributed by atoms with Crippen LogP contribution in [0.5, 0.6) is 0 Å². The smallest absolute Gasteiger partial charge is 0.138 e. The fourth-order valence-electron chi connectivity index (χ4n) is 1.51. The number of nitrogens with one attached hydrogen (secondary N) is 1. The van der Waals surface area contributed by atoms with Gasteiger partial charge in [0.1, 0.15) is 12.2 Å². The third-order valence-electron chi connectivity index (χ3n) is 2.40. The molecule has 0 aliphatic carbocycles. The number of nitrogens with zero attached hydrogens (tertiary/aromatic N) is 3. The number of aromatic nitrogens is 3. The van der Waals surface area contributed by atoms with E-state index >= 15 is 0 Å². The van der Waals surface area contributed by atoms with Crippen molar-refractivity contribution in [1.82, 2.24) is 20.1 Å². The minimum Gasteiger partial charge on any atom is -0.388 e. The summed E-state index contributed by atoms with van der Waals surface area (Å²) in [5.74, 6) is 1.39. The van der Waals surface area contributed by atoms with Gasteiger partial charge in [0.15, 0.2) is 0 Å². The van der Waals surface area contributed by atoms with E-state index in [-0.39, 0.29) is 0 Å². The first-order valence-corrected chi connectivity index (χ1v) is 5.67. The Kier molecular flexibility index (Phi) is 4.44.